The maximum atomic E-state index is 10.7. The van der Waals surface area contributed by atoms with Crippen molar-refractivity contribution >= 4 is 16.9 Å². The lowest BCUT2D eigenvalue weighted by molar-refractivity contribution is -0.139. The SMILES string of the molecule is COc1ccc2[nH]c3c(c2c1)CCCc1cc(OCC(=O)O)ccc1-3. The van der Waals surface area contributed by atoms with Crippen LogP contribution in [0.4, 0.5) is 0 Å². The van der Waals surface area contributed by atoms with Crippen molar-refractivity contribution in [3.63, 3.8) is 0 Å². The molecule has 0 bridgehead atoms. The van der Waals surface area contributed by atoms with E-state index in [4.69, 9.17) is 14.6 Å². The molecule has 0 radical (unpaired) electrons. The van der Waals surface area contributed by atoms with Crippen molar-refractivity contribution in [3.8, 4) is 22.8 Å². The van der Waals surface area contributed by atoms with Crippen LogP contribution in [0.15, 0.2) is 36.4 Å². The van der Waals surface area contributed by atoms with Crippen molar-refractivity contribution in [2.45, 2.75) is 19.3 Å². The van der Waals surface area contributed by atoms with Crippen LogP contribution in [-0.4, -0.2) is 29.8 Å². The van der Waals surface area contributed by atoms with Crippen LogP contribution in [0.25, 0.3) is 22.2 Å². The zero-order valence-electron chi connectivity index (χ0n) is 14.0. The van der Waals surface area contributed by atoms with Crippen molar-refractivity contribution < 1.29 is 19.4 Å². The first-order valence-electron chi connectivity index (χ1n) is 8.32. The van der Waals surface area contributed by atoms with Gasteiger partial charge in [-0.1, -0.05) is 0 Å². The smallest absolute Gasteiger partial charge is 0.341 e. The van der Waals surface area contributed by atoms with Gasteiger partial charge in [0.05, 0.1) is 7.11 Å². The molecule has 0 atom stereocenters. The number of fused-ring (bicyclic) bond motifs is 5. The van der Waals surface area contributed by atoms with E-state index >= 15 is 0 Å². The third kappa shape index (κ3) is 2.82. The van der Waals surface area contributed by atoms with Crippen LogP contribution in [0.5, 0.6) is 11.5 Å². The van der Waals surface area contributed by atoms with E-state index in [2.05, 4.69) is 11.1 Å². The zero-order valence-corrected chi connectivity index (χ0v) is 14.0. The average Bonchev–Trinajstić information content (AvgIpc) is 2.87. The number of hydrogen-bond acceptors (Lipinski definition) is 3. The van der Waals surface area contributed by atoms with Gasteiger partial charge in [-0.2, -0.15) is 0 Å². The molecule has 1 heterocycles. The molecule has 25 heavy (non-hydrogen) atoms. The molecule has 0 fully saturated rings. The van der Waals surface area contributed by atoms with E-state index in [9.17, 15) is 4.79 Å². The number of carbonyl (C=O) groups is 1. The van der Waals surface area contributed by atoms with E-state index in [1.165, 1.54) is 16.5 Å². The van der Waals surface area contributed by atoms with Crippen molar-refractivity contribution in [1.29, 1.82) is 0 Å². The Hall–Kier alpha value is -2.95. The molecule has 1 aliphatic carbocycles. The lowest BCUT2D eigenvalue weighted by Gasteiger charge is -2.09. The van der Waals surface area contributed by atoms with Crippen LogP contribution in [0, 0.1) is 0 Å². The molecule has 0 unspecified atom stereocenters. The quantitative estimate of drug-likeness (QED) is 0.760. The van der Waals surface area contributed by atoms with Crippen LogP contribution in [0.1, 0.15) is 17.5 Å². The molecule has 5 heteroatoms. The number of aliphatic carboxylic acids is 1. The van der Waals surface area contributed by atoms with Gasteiger partial charge in [-0.05, 0) is 66.8 Å². The van der Waals surface area contributed by atoms with Crippen LogP contribution < -0.4 is 9.47 Å². The van der Waals surface area contributed by atoms with Gasteiger partial charge in [-0.15, -0.1) is 0 Å². The number of nitrogens with one attached hydrogen (secondary N) is 1. The van der Waals surface area contributed by atoms with Crippen molar-refractivity contribution in [2.75, 3.05) is 13.7 Å². The Kier molecular flexibility index (Phi) is 3.84. The fraction of sp³-hybridized carbons (Fsp3) is 0.250. The number of carboxylic acid groups (broad SMARTS) is 1. The van der Waals surface area contributed by atoms with Gasteiger partial charge in [0.15, 0.2) is 6.61 Å². The lowest BCUT2D eigenvalue weighted by Crippen LogP contribution is -2.09. The number of aryl methyl sites for hydroxylation is 2. The molecule has 2 aromatic carbocycles. The first kappa shape index (κ1) is 15.6. The summed E-state index contributed by atoms with van der Waals surface area (Å²) < 4.78 is 10.7. The highest BCUT2D eigenvalue weighted by molar-refractivity contribution is 5.92. The largest absolute Gasteiger partial charge is 0.497 e. The summed E-state index contributed by atoms with van der Waals surface area (Å²) in [5.74, 6) is 0.486. The Labute approximate surface area is 145 Å². The molecule has 0 aliphatic heterocycles. The molecule has 1 aromatic heterocycles. The van der Waals surface area contributed by atoms with Gasteiger partial charge >= 0.3 is 5.97 Å². The highest BCUT2D eigenvalue weighted by atomic mass is 16.5. The Morgan fingerprint density at radius 3 is 2.80 bits per heavy atom. The van der Waals surface area contributed by atoms with Crippen LogP contribution in [0.2, 0.25) is 0 Å². The van der Waals surface area contributed by atoms with Crippen LogP contribution in [-0.2, 0) is 17.6 Å². The minimum atomic E-state index is -0.971. The minimum absolute atomic E-state index is 0.323. The minimum Gasteiger partial charge on any atom is -0.497 e. The summed E-state index contributed by atoms with van der Waals surface area (Å²) in [6.45, 7) is -0.323. The summed E-state index contributed by atoms with van der Waals surface area (Å²) >= 11 is 0. The summed E-state index contributed by atoms with van der Waals surface area (Å²) in [5, 5.41) is 9.97. The third-order valence-corrected chi connectivity index (χ3v) is 4.69. The number of aromatic amines is 1. The second-order valence-corrected chi connectivity index (χ2v) is 6.24. The normalized spacial score (nSPS) is 13.0. The highest BCUT2D eigenvalue weighted by Crippen LogP contribution is 2.38. The molecule has 3 aromatic rings. The van der Waals surface area contributed by atoms with Gasteiger partial charge in [-0.25, -0.2) is 4.79 Å². The molecular weight excluding hydrogens is 318 g/mol. The molecule has 128 valence electrons. The van der Waals surface area contributed by atoms with Gasteiger partial charge in [0.25, 0.3) is 0 Å². The number of methoxy groups -OCH3 is 1. The number of H-pyrrole nitrogens is 1. The molecule has 0 saturated carbocycles. The fourth-order valence-electron chi connectivity index (χ4n) is 3.55. The van der Waals surface area contributed by atoms with E-state index in [-0.39, 0.29) is 6.61 Å². The zero-order chi connectivity index (χ0) is 17.4. The van der Waals surface area contributed by atoms with Gasteiger partial charge in [0.2, 0.25) is 0 Å². The molecule has 1 aliphatic rings. The standard InChI is InChI=1S/C20H19NO4/c1-24-13-6-8-18-17(10-13)16-4-2-3-12-9-14(25-11-19(22)23)5-7-15(12)20(16)21-18/h5-10,21H,2-4,11H2,1H3,(H,22,23). The van der Waals surface area contributed by atoms with Crippen LogP contribution >= 0.6 is 0 Å². The summed E-state index contributed by atoms with van der Waals surface area (Å²) in [6.07, 6.45) is 2.96. The predicted molar refractivity (Wildman–Crippen MR) is 95.4 cm³/mol. The molecule has 4 rings (SSSR count). The maximum absolute atomic E-state index is 10.7. The predicted octanol–water partition coefficient (Wildman–Crippen LogP) is 3.80. The number of aromatic nitrogens is 1. The van der Waals surface area contributed by atoms with Crippen molar-refractivity contribution in [3.05, 3.63) is 47.5 Å². The van der Waals surface area contributed by atoms with Crippen LogP contribution in [0.3, 0.4) is 0 Å². The monoisotopic (exact) mass is 337 g/mol. The summed E-state index contributed by atoms with van der Waals surface area (Å²) in [7, 11) is 1.68. The molecule has 0 amide bonds. The average molecular weight is 337 g/mol. The molecule has 0 saturated heterocycles. The number of carboxylic acids is 1. The molecule has 2 N–H and O–H groups in total. The van der Waals surface area contributed by atoms with Gasteiger partial charge in [-0.3, -0.25) is 0 Å². The number of rotatable bonds is 4. The summed E-state index contributed by atoms with van der Waals surface area (Å²) in [4.78, 5) is 14.2. The molecular formula is C20H19NO4. The number of ether oxygens (including phenoxy) is 2. The van der Waals surface area contributed by atoms with Gasteiger partial charge < -0.3 is 19.6 Å². The van der Waals surface area contributed by atoms with Crippen molar-refractivity contribution in [2.24, 2.45) is 0 Å². The Morgan fingerprint density at radius 2 is 2.00 bits per heavy atom. The summed E-state index contributed by atoms with van der Waals surface area (Å²) in [6, 6.07) is 11.9. The molecule has 0 spiro atoms. The van der Waals surface area contributed by atoms with Crippen molar-refractivity contribution in [1.82, 2.24) is 4.98 Å². The number of hydrogen-bond donors (Lipinski definition) is 2. The topological polar surface area (TPSA) is 71.5 Å². The Balaban J connectivity index is 1.79. The third-order valence-electron chi connectivity index (χ3n) is 4.69. The van der Waals surface area contributed by atoms with E-state index in [1.807, 2.05) is 30.3 Å². The lowest BCUT2D eigenvalue weighted by atomic mass is 10.0. The second kappa shape index (κ2) is 6.16. The Morgan fingerprint density at radius 1 is 1.16 bits per heavy atom. The van der Waals surface area contributed by atoms with E-state index in [0.717, 1.165) is 41.8 Å². The van der Waals surface area contributed by atoms with E-state index in [0.29, 0.717) is 5.75 Å². The fourth-order valence-corrected chi connectivity index (χ4v) is 3.55. The van der Waals surface area contributed by atoms with E-state index in [1.54, 1.807) is 7.11 Å². The first-order chi connectivity index (χ1) is 12.2. The Bertz CT molecular complexity index is 958. The second-order valence-electron chi connectivity index (χ2n) is 6.24. The first-order valence-corrected chi connectivity index (χ1v) is 8.32. The van der Waals surface area contributed by atoms with E-state index < -0.39 is 5.97 Å². The van der Waals surface area contributed by atoms with Gasteiger partial charge in [0.1, 0.15) is 11.5 Å². The summed E-state index contributed by atoms with van der Waals surface area (Å²) in [5.41, 5.74) is 5.89. The number of benzene rings is 2. The highest BCUT2D eigenvalue weighted by Gasteiger charge is 2.20. The molecule has 5 nitrogen and oxygen atoms in total. The van der Waals surface area contributed by atoms with Gasteiger partial charge in [0, 0.05) is 22.2 Å². The maximum Gasteiger partial charge on any atom is 0.341 e.